The van der Waals surface area contributed by atoms with Crippen molar-refractivity contribution in [3.8, 4) is 11.3 Å². The van der Waals surface area contributed by atoms with Gasteiger partial charge in [0.05, 0.1) is 18.9 Å². The molecule has 5 heterocycles. The van der Waals surface area contributed by atoms with Gasteiger partial charge in [0.15, 0.2) is 5.13 Å². The fourth-order valence-corrected chi connectivity index (χ4v) is 4.54. The van der Waals surface area contributed by atoms with Crippen molar-refractivity contribution in [1.82, 2.24) is 25.3 Å². The number of thiazole rings is 1. The van der Waals surface area contributed by atoms with Crippen molar-refractivity contribution in [3.05, 3.63) is 41.2 Å². The van der Waals surface area contributed by atoms with E-state index in [0.717, 1.165) is 53.8 Å². The number of carbonyl (C=O) groups excluding carboxylic acids is 1. The molecule has 9 nitrogen and oxygen atoms in total. The Bertz CT molecular complexity index is 1070. The number of anilines is 3. The smallest absolute Gasteiger partial charge is 0.270 e. The van der Waals surface area contributed by atoms with Gasteiger partial charge in [-0.2, -0.15) is 4.98 Å². The molecule has 0 bridgehead atoms. The summed E-state index contributed by atoms with van der Waals surface area (Å²) in [5, 5.41) is 5.17. The van der Waals surface area contributed by atoms with Crippen molar-refractivity contribution in [2.24, 2.45) is 0 Å². The van der Waals surface area contributed by atoms with Crippen LogP contribution in [0.2, 0.25) is 0 Å². The second-order valence-corrected chi connectivity index (χ2v) is 7.84. The van der Waals surface area contributed by atoms with Crippen LogP contribution in [-0.4, -0.2) is 65.7 Å². The molecule has 0 radical (unpaired) electrons. The Morgan fingerprint density at radius 1 is 1.13 bits per heavy atom. The fourth-order valence-electron chi connectivity index (χ4n) is 3.70. The molecule has 1 fully saturated rings. The third-order valence-electron chi connectivity index (χ3n) is 5.24. The summed E-state index contributed by atoms with van der Waals surface area (Å²) < 4.78 is 5.49. The van der Waals surface area contributed by atoms with Gasteiger partial charge in [-0.15, -0.1) is 11.3 Å². The summed E-state index contributed by atoms with van der Waals surface area (Å²) in [6.45, 7) is 3.59. The molecule has 0 spiro atoms. The van der Waals surface area contributed by atoms with Crippen LogP contribution in [0.25, 0.3) is 11.3 Å². The lowest BCUT2D eigenvalue weighted by Crippen LogP contribution is -2.37. The highest BCUT2D eigenvalue weighted by Gasteiger charge is 2.30. The Labute approximate surface area is 177 Å². The highest BCUT2D eigenvalue weighted by Crippen LogP contribution is 2.40. The van der Waals surface area contributed by atoms with Crippen molar-refractivity contribution in [2.75, 3.05) is 49.7 Å². The first kappa shape index (κ1) is 18.9. The molecule has 154 valence electrons. The standard InChI is InChI=1S/C20H21N7O2S/c1-21-18(28)15-12-30-20(23-15)27-7-4-14-16(13-2-5-22-6-3-13)24-19(25-17(14)27)26-8-10-29-11-9-26/h2-3,5-6,12H,4,7-11H2,1H3,(H,21,28). The average Bonchev–Trinajstić information content (AvgIpc) is 3.46. The first-order chi connectivity index (χ1) is 14.7. The summed E-state index contributed by atoms with van der Waals surface area (Å²) in [7, 11) is 1.61. The SMILES string of the molecule is CNC(=O)c1csc(N2CCc3c(-c4ccncc4)nc(N4CCOCC4)nc32)n1. The summed E-state index contributed by atoms with van der Waals surface area (Å²) >= 11 is 1.45. The van der Waals surface area contributed by atoms with Crippen LogP contribution in [0.3, 0.4) is 0 Å². The average molecular weight is 424 g/mol. The van der Waals surface area contributed by atoms with Gasteiger partial charge in [-0.25, -0.2) is 9.97 Å². The number of hydrogen-bond acceptors (Lipinski definition) is 9. The van der Waals surface area contributed by atoms with E-state index in [-0.39, 0.29) is 5.91 Å². The number of amides is 1. The lowest BCUT2D eigenvalue weighted by molar-refractivity contribution is 0.0959. The molecule has 2 aliphatic rings. The van der Waals surface area contributed by atoms with Gasteiger partial charge in [0.1, 0.15) is 11.5 Å². The van der Waals surface area contributed by atoms with Crippen molar-refractivity contribution in [3.63, 3.8) is 0 Å². The van der Waals surface area contributed by atoms with Crippen LogP contribution >= 0.6 is 11.3 Å². The third kappa shape index (κ3) is 3.37. The van der Waals surface area contributed by atoms with Crippen molar-refractivity contribution in [2.45, 2.75) is 6.42 Å². The largest absolute Gasteiger partial charge is 0.378 e. The third-order valence-corrected chi connectivity index (χ3v) is 6.11. The van der Waals surface area contributed by atoms with E-state index in [2.05, 4.69) is 25.1 Å². The van der Waals surface area contributed by atoms with Gasteiger partial charge in [-0.3, -0.25) is 9.78 Å². The summed E-state index contributed by atoms with van der Waals surface area (Å²) in [5.74, 6) is 1.36. The zero-order valence-corrected chi connectivity index (χ0v) is 17.4. The Kier molecular flexibility index (Phi) is 5.01. The highest BCUT2D eigenvalue weighted by atomic mass is 32.1. The number of fused-ring (bicyclic) bond motifs is 1. The number of aromatic nitrogens is 4. The minimum Gasteiger partial charge on any atom is -0.378 e. The van der Waals surface area contributed by atoms with E-state index in [0.29, 0.717) is 24.9 Å². The van der Waals surface area contributed by atoms with Crippen LogP contribution in [0.1, 0.15) is 16.1 Å². The molecule has 3 aromatic rings. The second-order valence-electron chi connectivity index (χ2n) is 7.01. The van der Waals surface area contributed by atoms with Gasteiger partial charge in [-0.1, -0.05) is 0 Å². The molecular weight excluding hydrogens is 402 g/mol. The van der Waals surface area contributed by atoms with Gasteiger partial charge in [0.2, 0.25) is 5.95 Å². The van der Waals surface area contributed by atoms with Crippen LogP contribution < -0.4 is 15.1 Å². The van der Waals surface area contributed by atoms with E-state index in [4.69, 9.17) is 14.7 Å². The number of hydrogen-bond donors (Lipinski definition) is 1. The summed E-state index contributed by atoms with van der Waals surface area (Å²) in [4.78, 5) is 34.7. The van der Waals surface area contributed by atoms with E-state index < -0.39 is 0 Å². The molecule has 0 aromatic carbocycles. The maximum Gasteiger partial charge on any atom is 0.270 e. The van der Waals surface area contributed by atoms with Gasteiger partial charge in [0.25, 0.3) is 5.91 Å². The van der Waals surface area contributed by atoms with Crippen molar-refractivity contribution < 1.29 is 9.53 Å². The molecule has 0 aliphatic carbocycles. The maximum atomic E-state index is 12.0. The molecule has 0 unspecified atom stereocenters. The molecule has 2 aliphatic heterocycles. The zero-order chi connectivity index (χ0) is 20.5. The van der Waals surface area contributed by atoms with Gasteiger partial charge < -0.3 is 19.9 Å². The van der Waals surface area contributed by atoms with Crippen molar-refractivity contribution in [1.29, 1.82) is 0 Å². The van der Waals surface area contributed by atoms with E-state index in [1.165, 1.54) is 11.3 Å². The Hall–Kier alpha value is -3.11. The molecule has 5 rings (SSSR count). The lowest BCUT2D eigenvalue weighted by atomic mass is 10.1. The number of carbonyl (C=O) groups is 1. The molecule has 1 amide bonds. The summed E-state index contributed by atoms with van der Waals surface area (Å²) in [6.07, 6.45) is 4.37. The summed E-state index contributed by atoms with van der Waals surface area (Å²) in [6, 6.07) is 3.95. The molecular formula is C20H21N7O2S. The Morgan fingerprint density at radius 2 is 1.93 bits per heavy atom. The van der Waals surface area contributed by atoms with E-state index in [9.17, 15) is 4.79 Å². The molecule has 3 aromatic heterocycles. The monoisotopic (exact) mass is 423 g/mol. The number of nitrogens with one attached hydrogen (secondary N) is 1. The van der Waals surface area contributed by atoms with Crippen LogP contribution in [0.15, 0.2) is 29.9 Å². The first-order valence-corrected chi connectivity index (χ1v) is 10.7. The van der Waals surface area contributed by atoms with Gasteiger partial charge in [-0.05, 0) is 18.6 Å². The fraction of sp³-hybridized carbons (Fsp3) is 0.350. The number of rotatable bonds is 4. The zero-order valence-electron chi connectivity index (χ0n) is 16.5. The topological polar surface area (TPSA) is 96.4 Å². The molecule has 0 saturated carbocycles. The molecule has 1 N–H and O–H groups in total. The molecule has 1 saturated heterocycles. The van der Waals surface area contributed by atoms with Gasteiger partial charge >= 0.3 is 0 Å². The first-order valence-electron chi connectivity index (χ1n) is 9.84. The Morgan fingerprint density at radius 3 is 2.70 bits per heavy atom. The molecule has 30 heavy (non-hydrogen) atoms. The minimum absolute atomic E-state index is 0.189. The lowest BCUT2D eigenvalue weighted by Gasteiger charge is -2.28. The number of morpholine rings is 1. The predicted octanol–water partition coefficient (Wildman–Crippen LogP) is 1.89. The van der Waals surface area contributed by atoms with Crippen LogP contribution in [-0.2, 0) is 11.2 Å². The van der Waals surface area contributed by atoms with E-state index in [1.54, 1.807) is 24.8 Å². The van der Waals surface area contributed by atoms with Crippen molar-refractivity contribution >= 4 is 34.1 Å². The van der Waals surface area contributed by atoms with Crippen LogP contribution in [0.5, 0.6) is 0 Å². The number of ether oxygens (including phenoxy) is 1. The Balaban J connectivity index is 1.59. The van der Waals surface area contributed by atoms with Gasteiger partial charge in [0, 0.05) is 55.6 Å². The number of pyridine rings is 1. The molecule has 0 atom stereocenters. The van der Waals surface area contributed by atoms with Crippen LogP contribution in [0.4, 0.5) is 16.9 Å². The highest BCUT2D eigenvalue weighted by molar-refractivity contribution is 7.14. The minimum atomic E-state index is -0.189. The predicted molar refractivity (Wildman–Crippen MR) is 115 cm³/mol. The molecule has 10 heteroatoms. The quantitative estimate of drug-likeness (QED) is 0.680. The maximum absolute atomic E-state index is 12.0. The van der Waals surface area contributed by atoms with E-state index in [1.807, 2.05) is 12.1 Å². The normalized spacial score (nSPS) is 15.9. The number of nitrogens with zero attached hydrogens (tertiary/aromatic N) is 6. The second kappa shape index (κ2) is 7.96. The summed E-state index contributed by atoms with van der Waals surface area (Å²) in [5.41, 5.74) is 3.46. The van der Waals surface area contributed by atoms with E-state index >= 15 is 0 Å². The van der Waals surface area contributed by atoms with Crippen LogP contribution in [0, 0.1) is 0 Å².